The van der Waals surface area contributed by atoms with E-state index in [0.717, 1.165) is 5.56 Å². The Balaban J connectivity index is 2.22. The van der Waals surface area contributed by atoms with E-state index in [2.05, 4.69) is 4.98 Å². The van der Waals surface area contributed by atoms with Crippen LogP contribution in [-0.2, 0) is 0 Å². The van der Waals surface area contributed by atoms with Gasteiger partial charge in [-0.2, -0.15) is 5.26 Å². The summed E-state index contributed by atoms with van der Waals surface area (Å²) in [5, 5.41) is 18.6. The highest BCUT2D eigenvalue weighted by atomic mass is 19.1. The SMILES string of the molecule is N#Cc1ccc(-c2cc(O)c(=O)[nH]c2-c2ccc(F)cc2)cc1. The van der Waals surface area contributed by atoms with Gasteiger partial charge in [-0.3, -0.25) is 4.79 Å². The number of benzene rings is 2. The van der Waals surface area contributed by atoms with Crippen molar-refractivity contribution in [1.82, 2.24) is 4.98 Å². The number of aromatic hydroxyl groups is 1. The lowest BCUT2D eigenvalue weighted by Crippen LogP contribution is -2.07. The fraction of sp³-hybridized carbons (Fsp3) is 0. The number of nitrogens with zero attached hydrogens (tertiary/aromatic N) is 1. The highest BCUT2D eigenvalue weighted by Gasteiger charge is 2.12. The molecule has 3 rings (SSSR count). The van der Waals surface area contributed by atoms with Gasteiger partial charge in [0.15, 0.2) is 5.75 Å². The molecule has 1 heterocycles. The quantitative estimate of drug-likeness (QED) is 0.761. The number of aromatic nitrogens is 1. The van der Waals surface area contributed by atoms with Gasteiger partial charge in [0.05, 0.1) is 17.3 Å². The van der Waals surface area contributed by atoms with Gasteiger partial charge >= 0.3 is 0 Å². The molecular weight excluding hydrogens is 295 g/mol. The monoisotopic (exact) mass is 306 g/mol. The number of hydrogen-bond donors (Lipinski definition) is 2. The van der Waals surface area contributed by atoms with E-state index in [1.807, 2.05) is 6.07 Å². The second kappa shape index (κ2) is 5.78. The van der Waals surface area contributed by atoms with Crippen molar-refractivity contribution < 1.29 is 9.50 Å². The van der Waals surface area contributed by atoms with E-state index in [0.29, 0.717) is 22.4 Å². The van der Waals surface area contributed by atoms with Crippen molar-refractivity contribution in [2.75, 3.05) is 0 Å². The lowest BCUT2D eigenvalue weighted by molar-refractivity contribution is 0.467. The Morgan fingerprint density at radius 3 is 2.22 bits per heavy atom. The van der Waals surface area contributed by atoms with Crippen LogP contribution in [0.3, 0.4) is 0 Å². The van der Waals surface area contributed by atoms with Crippen LogP contribution in [0.25, 0.3) is 22.4 Å². The van der Waals surface area contributed by atoms with Gasteiger partial charge in [0, 0.05) is 5.56 Å². The smallest absolute Gasteiger partial charge is 0.290 e. The molecule has 23 heavy (non-hydrogen) atoms. The average molecular weight is 306 g/mol. The van der Waals surface area contributed by atoms with Gasteiger partial charge in [-0.15, -0.1) is 0 Å². The van der Waals surface area contributed by atoms with Crippen LogP contribution in [0.5, 0.6) is 5.75 Å². The van der Waals surface area contributed by atoms with Crippen LogP contribution in [0.2, 0.25) is 0 Å². The summed E-state index contributed by atoms with van der Waals surface area (Å²) >= 11 is 0. The van der Waals surface area contributed by atoms with E-state index in [9.17, 15) is 14.3 Å². The Labute approximate surface area is 131 Å². The summed E-state index contributed by atoms with van der Waals surface area (Å²) in [6.07, 6.45) is 0. The third-order valence-corrected chi connectivity index (χ3v) is 3.48. The van der Waals surface area contributed by atoms with Crippen LogP contribution in [0.4, 0.5) is 4.39 Å². The van der Waals surface area contributed by atoms with Crippen molar-refractivity contribution in [2.45, 2.75) is 0 Å². The molecule has 0 amide bonds. The zero-order chi connectivity index (χ0) is 16.4. The van der Waals surface area contributed by atoms with Gasteiger partial charge in [0.1, 0.15) is 5.82 Å². The molecule has 0 aliphatic carbocycles. The Hall–Kier alpha value is -3.39. The zero-order valence-electron chi connectivity index (χ0n) is 11.9. The summed E-state index contributed by atoms with van der Waals surface area (Å²) < 4.78 is 13.1. The van der Waals surface area contributed by atoms with E-state index in [1.54, 1.807) is 36.4 Å². The molecule has 5 heteroatoms. The molecule has 0 bridgehead atoms. The summed E-state index contributed by atoms with van der Waals surface area (Å²) in [7, 11) is 0. The molecule has 0 saturated carbocycles. The predicted molar refractivity (Wildman–Crippen MR) is 84.3 cm³/mol. The molecule has 0 fully saturated rings. The Bertz CT molecular complexity index is 952. The molecule has 3 aromatic rings. The number of aromatic amines is 1. The van der Waals surface area contributed by atoms with E-state index in [1.165, 1.54) is 18.2 Å². The number of pyridine rings is 1. The number of nitrogens with one attached hydrogen (secondary N) is 1. The maximum Gasteiger partial charge on any atom is 0.290 e. The normalized spacial score (nSPS) is 10.3. The van der Waals surface area contributed by atoms with Crippen LogP contribution in [0, 0.1) is 17.1 Å². The molecule has 1 aromatic heterocycles. The lowest BCUT2D eigenvalue weighted by Gasteiger charge is -2.11. The van der Waals surface area contributed by atoms with E-state index < -0.39 is 11.3 Å². The average Bonchev–Trinajstić information content (AvgIpc) is 2.58. The first-order valence-corrected chi connectivity index (χ1v) is 6.81. The third-order valence-electron chi connectivity index (χ3n) is 3.48. The minimum absolute atomic E-state index is 0.380. The molecule has 2 N–H and O–H groups in total. The molecule has 0 atom stereocenters. The molecule has 0 aliphatic rings. The van der Waals surface area contributed by atoms with E-state index in [-0.39, 0.29) is 5.82 Å². The van der Waals surface area contributed by atoms with Crippen molar-refractivity contribution in [3.8, 4) is 34.2 Å². The van der Waals surface area contributed by atoms with Crippen molar-refractivity contribution >= 4 is 0 Å². The first-order valence-electron chi connectivity index (χ1n) is 6.81. The van der Waals surface area contributed by atoms with Gasteiger partial charge in [-0.25, -0.2) is 4.39 Å². The topological polar surface area (TPSA) is 76.9 Å². The van der Waals surface area contributed by atoms with Gasteiger partial charge in [0.2, 0.25) is 0 Å². The summed E-state index contributed by atoms with van der Waals surface area (Å²) in [4.78, 5) is 14.4. The van der Waals surface area contributed by atoms with Crippen LogP contribution < -0.4 is 5.56 Å². The van der Waals surface area contributed by atoms with Crippen LogP contribution >= 0.6 is 0 Å². The lowest BCUT2D eigenvalue weighted by atomic mass is 9.98. The fourth-order valence-electron chi connectivity index (χ4n) is 2.32. The van der Waals surface area contributed by atoms with Gasteiger partial charge in [-0.05, 0) is 53.6 Å². The first-order chi connectivity index (χ1) is 11.1. The predicted octanol–water partition coefficient (Wildman–Crippen LogP) is 3.43. The summed E-state index contributed by atoms with van der Waals surface area (Å²) in [5.41, 5.74) is 2.26. The second-order valence-electron chi connectivity index (χ2n) is 4.97. The molecule has 0 spiro atoms. The molecule has 0 aliphatic heterocycles. The Morgan fingerprint density at radius 2 is 1.61 bits per heavy atom. The molecule has 112 valence electrons. The zero-order valence-corrected chi connectivity index (χ0v) is 11.9. The number of hydrogen-bond acceptors (Lipinski definition) is 3. The van der Waals surface area contributed by atoms with Gasteiger partial charge in [0.25, 0.3) is 5.56 Å². The molecule has 0 unspecified atom stereocenters. The maximum absolute atomic E-state index is 13.1. The van der Waals surface area contributed by atoms with Crippen molar-refractivity contribution in [3.05, 3.63) is 76.3 Å². The van der Waals surface area contributed by atoms with Crippen LogP contribution in [-0.4, -0.2) is 10.1 Å². The van der Waals surface area contributed by atoms with Crippen molar-refractivity contribution in [3.63, 3.8) is 0 Å². The molecule has 4 nitrogen and oxygen atoms in total. The summed E-state index contributed by atoms with van der Waals surface area (Å²) in [6.45, 7) is 0. The molecule has 0 saturated heterocycles. The van der Waals surface area contributed by atoms with Gasteiger partial charge < -0.3 is 10.1 Å². The summed E-state index contributed by atoms with van der Waals surface area (Å²) in [5.74, 6) is -0.787. The number of rotatable bonds is 2. The van der Waals surface area contributed by atoms with E-state index >= 15 is 0 Å². The van der Waals surface area contributed by atoms with E-state index in [4.69, 9.17) is 5.26 Å². The Morgan fingerprint density at radius 1 is 1.00 bits per heavy atom. The van der Waals surface area contributed by atoms with Crippen molar-refractivity contribution in [2.24, 2.45) is 0 Å². The highest BCUT2D eigenvalue weighted by molar-refractivity contribution is 5.81. The highest BCUT2D eigenvalue weighted by Crippen LogP contribution is 2.31. The number of nitriles is 1. The molecular formula is C18H11FN2O2. The number of H-pyrrole nitrogens is 1. The summed E-state index contributed by atoms with van der Waals surface area (Å²) in [6, 6.07) is 15.8. The molecule has 0 radical (unpaired) electrons. The van der Waals surface area contributed by atoms with Crippen LogP contribution in [0.15, 0.2) is 59.4 Å². The first kappa shape index (κ1) is 14.5. The molecule has 2 aromatic carbocycles. The minimum atomic E-state index is -0.623. The standard InChI is InChI=1S/C18H11FN2O2/c19-14-7-5-13(6-8-14)17-15(9-16(22)18(23)21-17)12-3-1-11(10-20)2-4-12/h1-9,22H,(H,21,23). The maximum atomic E-state index is 13.1. The fourth-order valence-corrected chi connectivity index (χ4v) is 2.32. The van der Waals surface area contributed by atoms with Gasteiger partial charge in [-0.1, -0.05) is 12.1 Å². The van der Waals surface area contributed by atoms with Crippen LogP contribution in [0.1, 0.15) is 5.56 Å². The van der Waals surface area contributed by atoms with Crippen molar-refractivity contribution in [1.29, 1.82) is 5.26 Å². The third kappa shape index (κ3) is 2.83. The Kier molecular flexibility index (Phi) is 3.65. The second-order valence-corrected chi connectivity index (χ2v) is 4.97. The largest absolute Gasteiger partial charge is 0.503 e. The minimum Gasteiger partial charge on any atom is -0.503 e. The number of halogens is 1.